The van der Waals surface area contributed by atoms with Crippen molar-refractivity contribution in [1.82, 2.24) is 5.32 Å². The van der Waals surface area contributed by atoms with Crippen LogP contribution in [0, 0.1) is 5.82 Å². The number of amides is 2. The first-order chi connectivity index (χ1) is 17.0. The molecule has 6 nitrogen and oxygen atoms in total. The van der Waals surface area contributed by atoms with E-state index in [1.54, 1.807) is 30.1 Å². The fourth-order valence-corrected chi connectivity index (χ4v) is 4.50. The van der Waals surface area contributed by atoms with Crippen LogP contribution in [0.3, 0.4) is 0 Å². The number of hydrogen-bond acceptors (Lipinski definition) is 3. The Labute approximate surface area is 205 Å². The van der Waals surface area contributed by atoms with Crippen molar-refractivity contribution in [1.29, 1.82) is 0 Å². The normalized spacial score (nSPS) is 11.7. The van der Waals surface area contributed by atoms with E-state index in [1.165, 1.54) is 23.5 Å². The van der Waals surface area contributed by atoms with E-state index >= 15 is 4.39 Å². The summed E-state index contributed by atoms with van der Waals surface area (Å²) in [6, 6.07) is 16.9. The summed E-state index contributed by atoms with van der Waals surface area (Å²) in [5.41, 5.74) is 3.00. The highest BCUT2D eigenvalue weighted by molar-refractivity contribution is 6.17. The largest absolute Gasteiger partial charge is 0.478 e. The lowest BCUT2D eigenvalue weighted by Gasteiger charge is -2.43. The number of urea groups is 1. The molecule has 0 aliphatic carbocycles. The minimum Gasteiger partial charge on any atom is -0.478 e. The smallest absolute Gasteiger partial charge is 0.337 e. The van der Waals surface area contributed by atoms with E-state index in [9.17, 15) is 14.7 Å². The van der Waals surface area contributed by atoms with E-state index in [-0.39, 0.29) is 17.3 Å². The second-order valence-electron chi connectivity index (χ2n) is 8.68. The van der Waals surface area contributed by atoms with Gasteiger partial charge in [0.1, 0.15) is 11.5 Å². The number of nitrogens with zero attached hydrogens (tertiary/aromatic N) is 2. The Morgan fingerprint density at radius 3 is 2.37 bits per heavy atom. The number of rotatable bonds is 10. The first-order valence-corrected chi connectivity index (χ1v) is 12.0. The van der Waals surface area contributed by atoms with Crippen molar-refractivity contribution >= 4 is 34.7 Å². The van der Waals surface area contributed by atoms with Gasteiger partial charge in [0.05, 0.1) is 22.6 Å². The zero-order chi connectivity index (χ0) is 24.9. The van der Waals surface area contributed by atoms with Gasteiger partial charge < -0.3 is 15.3 Å². The zero-order valence-electron chi connectivity index (χ0n) is 20.1. The first kappa shape index (κ1) is 24.3. The Morgan fingerprint density at radius 2 is 1.66 bits per heavy atom. The Bertz CT molecular complexity index is 1230. The fraction of sp³-hybridized carbons (Fsp3) is 0.286. The number of nitrogens with one attached hydrogen (secondary N) is 1. The number of hydrogen-bond donors (Lipinski definition) is 2. The quantitative estimate of drug-likeness (QED) is 0.240. The maximum atomic E-state index is 15.5. The Hall–Kier alpha value is -3.87. The van der Waals surface area contributed by atoms with E-state index in [1.807, 2.05) is 30.3 Å². The van der Waals surface area contributed by atoms with Crippen LogP contribution in [0.2, 0.25) is 0 Å². The molecule has 0 saturated carbocycles. The van der Waals surface area contributed by atoms with Crippen molar-refractivity contribution in [3.05, 3.63) is 72.0 Å². The van der Waals surface area contributed by atoms with Crippen LogP contribution < -0.4 is 15.1 Å². The van der Waals surface area contributed by atoms with Gasteiger partial charge in [-0.3, -0.25) is 4.90 Å². The van der Waals surface area contributed by atoms with Crippen LogP contribution in [0.25, 0.3) is 11.1 Å². The van der Waals surface area contributed by atoms with Gasteiger partial charge in [-0.15, -0.1) is 0 Å². The second-order valence-corrected chi connectivity index (χ2v) is 8.68. The molecule has 1 aliphatic heterocycles. The van der Waals surface area contributed by atoms with Crippen LogP contribution in [0.4, 0.5) is 31.9 Å². The molecule has 2 N–H and O–H groups in total. The first-order valence-electron chi connectivity index (χ1n) is 12.0. The molecule has 0 spiro atoms. The van der Waals surface area contributed by atoms with Gasteiger partial charge in [-0.05, 0) is 30.2 Å². The summed E-state index contributed by atoms with van der Waals surface area (Å²) >= 11 is 0. The highest BCUT2D eigenvalue weighted by Gasteiger charge is 2.41. The molecule has 0 unspecified atom stereocenters. The van der Waals surface area contributed by atoms with Gasteiger partial charge in [-0.25, -0.2) is 14.0 Å². The molecule has 0 fully saturated rings. The third-order valence-electron chi connectivity index (χ3n) is 6.30. The molecule has 2 bridgehead atoms. The number of benzene rings is 3. The van der Waals surface area contributed by atoms with Gasteiger partial charge in [0, 0.05) is 19.2 Å². The molecule has 0 aromatic heterocycles. The molecule has 3 aromatic rings. The number of carboxylic acid groups (broad SMARTS) is 1. The van der Waals surface area contributed by atoms with E-state index in [0.717, 1.165) is 31.2 Å². The average molecular weight is 476 g/mol. The number of aromatic carboxylic acids is 1. The average Bonchev–Trinajstić information content (AvgIpc) is 2.86. The second kappa shape index (κ2) is 10.6. The van der Waals surface area contributed by atoms with Crippen LogP contribution in [-0.2, 0) is 0 Å². The van der Waals surface area contributed by atoms with Crippen molar-refractivity contribution in [3.63, 3.8) is 0 Å². The highest BCUT2D eigenvalue weighted by Crippen LogP contribution is 2.61. The van der Waals surface area contributed by atoms with Crippen molar-refractivity contribution < 1.29 is 19.1 Å². The predicted octanol–water partition coefficient (Wildman–Crippen LogP) is 7.09. The van der Waals surface area contributed by atoms with E-state index in [0.29, 0.717) is 29.2 Å². The molecule has 1 heterocycles. The maximum absolute atomic E-state index is 15.5. The molecule has 2 amide bonds. The summed E-state index contributed by atoms with van der Waals surface area (Å²) in [5.74, 6) is -1.62. The van der Waals surface area contributed by atoms with Gasteiger partial charge in [0.15, 0.2) is 0 Å². The zero-order valence-corrected chi connectivity index (χ0v) is 20.1. The van der Waals surface area contributed by atoms with Crippen molar-refractivity contribution in [2.75, 3.05) is 23.4 Å². The Balaban J connectivity index is 1.70. The summed E-state index contributed by atoms with van der Waals surface area (Å²) < 4.78 is 15.5. The molecular weight excluding hydrogens is 445 g/mol. The molecular formula is C28H30FN3O3. The SMILES string of the molecule is CCCCCCCNC(=O)N(C)c1c2c(F)cc(-c3ccccc3)c1N2c1ccccc1C(=O)O. The van der Waals surface area contributed by atoms with Crippen LogP contribution in [0.15, 0.2) is 60.7 Å². The lowest BCUT2D eigenvalue weighted by Crippen LogP contribution is -2.41. The summed E-state index contributed by atoms with van der Waals surface area (Å²) in [7, 11) is 1.61. The van der Waals surface area contributed by atoms with Crippen molar-refractivity contribution in [2.24, 2.45) is 0 Å². The van der Waals surface area contributed by atoms with Crippen LogP contribution in [0.5, 0.6) is 0 Å². The monoisotopic (exact) mass is 475 g/mol. The maximum Gasteiger partial charge on any atom is 0.337 e. The minimum atomic E-state index is -1.10. The molecule has 4 rings (SSSR count). The number of para-hydroxylation sites is 1. The fourth-order valence-electron chi connectivity index (χ4n) is 4.50. The van der Waals surface area contributed by atoms with Crippen molar-refractivity contribution in [3.8, 4) is 11.1 Å². The lowest BCUT2D eigenvalue weighted by atomic mass is 9.92. The number of carboxylic acids is 1. The van der Waals surface area contributed by atoms with Gasteiger partial charge >= 0.3 is 12.0 Å². The van der Waals surface area contributed by atoms with Gasteiger partial charge in [0.2, 0.25) is 0 Å². The van der Waals surface area contributed by atoms with Gasteiger partial charge in [0.25, 0.3) is 0 Å². The molecule has 35 heavy (non-hydrogen) atoms. The summed E-state index contributed by atoms with van der Waals surface area (Å²) in [6.07, 6.45) is 5.41. The van der Waals surface area contributed by atoms with Crippen LogP contribution in [0.1, 0.15) is 49.4 Å². The molecule has 0 saturated heterocycles. The number of unbranched alkanes of at least 4 members (excludes halogenated alkanes) is 4. The number of carbonyl (C=O) groups excluding carboxylic acids is 1. The van der Waals surface area contributed by atoms with Gasteiger partial charge in [-0.1, -0.05) is 75.1 Å². The van der Waals surface area contributed by atoms with Crippen molar-refractivity contribution in [2.45, 2.75) is 39.0 Å². The predicted molar refractivity (Wildman–Crippen MR) is 138 cm³/mol. The topological polar surface area (TPSA) is 72.9 Å². The minimum absolute atomic E-state index is 0.0582. The lowest BCUT2D eigenvalue weighted by molar-refractivity contribution is 0.0697. The molecule has 0 radical (unpaired) electrons. The Kier molecular flexibility index (Phi) is 7.34. The Morgan fingerprint density at radius 1 is 0.971 bits per heavy atom. The number of halogens is 1. The number of anilines is 4. The molecule has 3 aromatic carbocycles. The third kappa shape index (κ3) is 4.71. The van der Waals surface area contributed by atoms with E-state index in [2.05, 4.69) is 12.2 Å². The summed E-state index contributed by atoms with van der Waals surface area (Å²) in [4.78, 5) is 27.9. The van der Waals surface area contributed by atoms with E-state index in [4.69, 9.17) is 0 Å². The van der Waals surface area contributed by atoms with Crippen LogP contribution >= 0.6 is 0 Å². The molecule has 7 heteroatoms. The number of fused-ring (bicyclic) bond motifs is 2. The third-order valence-corrected chi connectivity index (χ3v) is 6.30. The highest BCUT2D eigenvalue weighted by atomic mass is 19.1. The summed E-state index contributed by atoms with van der Waals surface area (Å²) in [5, 5.41) is 12.7. The molecule has 0 atom stereocenters. The van der Waals surface area contributed by atoms with Gasteiger partial charge in [-0.2, -0.15) is 0 Å². The molecule has 1 aliphatic rings. The summed E-state index contributed by atoms with van der Waals surface area (Å²) in [6.45, 7) is 2.70. The molecule has 182 valence electrons. The van der Waals surface area contributed by atoms with E-state index < -0.39 is 11.8 Å². The standard InChI is InChI=1S/C28H30FN3O3/c1-3-4-5-6-12-17-30-28(35)31(2)26-24-21(19-13-8-7-9-14-19)18-22(29)25(26)32(24)23-16-11-10-15-20(23)27(33)34/h7-11,13-16,18H,3-6,12,17H2,1-2H3,(H,30,35)(H,33,34). The van der Waals surface area contributed by atoms with Crippen LogP contribution in [-0.4, -0.2) is 30.7 Å². The number of carbonyl (C=O) groups is 2.